The Labute approximate surface area is 177 Å². The zero-order valence-electron chi connectivity index (χ0n) is 17.2. The first-order chi connectivity index (χ1) is 14.3. The maximum Gasteiger partial charge on any atom is 0.329 e. The number of fused-ring (bicyclic) bond motifs is 1. The molecule has 0 radical (unpaired) electrons. The molecule has 0 spiro atoms. The first kappa shape index (κ1) is 22.1. The molecule has 3 aromatic rings. The van der Waals surface area contributed by atoms with E-state index in [0.29, 0.717) is 16.7 Å². The molecule has 2 aromatic heterocycles. The van der Waals surface area contributed by atoms with Gasteiger partial charge >= 0.3 is 5.69 Å². The summed E-state index contributed by atoms with van der Waals surface area (Å²) in [6.45, 7) is 3.79. The average Bonchev–Trinajstić information content (AvgIpc) is 3.08. The lowest BCUT2D eigenvalue weighted by molar-refractivity contribution is 0.0913. The van der Waals surface area contributed by atoms with Crippen LogP contribution in [0.1, 0.15) is 19.4 Å². The third-order valence-corrected chi connectivity index (χ3v) is 5.81. The number of aliphatic hydroxyl groups excluding tert-OH is 2. The number of H-pyrrole nitrogens is 1. The third kappa shape index (κ3) is 4.94. The van der Waals surface area contributed by atoms with Crippen LogP contribution in [0, 0.1) is 0 Å². The van der Waals surface area contributed by atoms with Crippen molar-refractivity contribution in [3.8, 4) is 5.75 Å². The minimum atomic E-state index is -0.921. The second kappa shape index (κ2) is 9.50. The van der Waals surface area contributed by atoms with Crippen LogP contribution in [-0.4, -0.2) is 53.9 Å². The normalized spacial score (nSPS) is 13.5. The summed E-state index contributed by atoms with van der Waals surface area (Å²) in [4.78, 5) is 31.0. The molecule has 0 saturated heterocycles. The number of rotatable bonds is 9. The minimum Gasteiger partial charge on any atom is -0.491 e. The van der Waals surface area contributed by atoms with Crippen molar-refractivity contribution in [3.05, 3.63) is 50.7 Å². The first-order valence-electron chi connectivity index (χ1n) is 9.70. The topological polar surface area (TPSA) is 122 Å². The lowest BCUT2D eigenvalue weighted by atomic mass is 10.2. The van der Waals surface area contributed by atoms with E-state index in [1.807, 2.05) is 24.3 Å². The van der Waals surface area contributed by atoms with E-state index in [9.17, 15) is 19.8 Å². The number of nitrogens with zero attached hydrogens (tertiary/aromatic N) is 3. The van der Waals surface area contributed by atoms with Crippen LogP contribution in [0.4, 0.5) is 0 Å². The van der Waals surface area contributed by atoms with Gasteiger partial charge in [-0.2, -0.15) is 0 Å². The third-order valence-electron chi connectivity index (χ3n) is 4.59. The summed E-state index contributed by atoms with van der Waals surface area (Å²) < 4.78 is 8.48. The van der Waals surface area contributed by atoms with Crippen LogP contribution in [0.2, 0.25) is 0 Å². The predicted octanol–water partition coefficient (Wildman–Crippen LogP) is 0.898. The van der Waals surface area contributed by atoms with Gasteiger partial charge in [-0.15, -0.1) is 0 Å². The molecule has 2 heterocycles. The molecule has 1 aromatic carbocycles. The van der Waals surface area contributed by atoms with Gasteiger partial charge in [0.05, 0.1) is 12.6 Å². The summed E-state index contributed by atoms with van der Waals surface area (Å²) in [6.07, 6.45) is -0.568. The summed E-state index contributed by atoms with van der Waals surface area (Å²) in [5.74, 6) is 0.997. The highest BCUT2D eigenvalue weighted by molar-refractivity contribution is 7.99. The summed E-state index contributed by atoms with van der Waals surface area (Å²) >= 11 is 1.25. The lowest BCUT2D eigenvalue weighted by Crippen LogP contribution is -2.30. The van der Waals surface area contributed by atoms with Crippen molar-refractivity contribution in [2.45, 2.75) is 44.2 Å². The van der Waals surface area contributed by atoms with E-state index in [0.717, 1.165) is 6.42 Å². The highest BCUT2D eigenvalue weighted by atomic mass is 32.2. The minimum absolute atomic E-state index is 0.0231. The summed E-state index contributed by atoms with van der Waals surface area (Å²) in [7, 11) is 1.51. The van der Waals surface area contributed by atoms with Gasteiger partial charge in [-0.25, -0.2) is 9.78 Å². The van der Waals surface area contributed by atoms with Gasteiger partial charge in [-0.05, 0) is 31.0 Å². The maximum absolute atomic E-state index is 12.4. The van der Waals surface area contributed by atoms with Crippen LogP contribution >= 0.6 is 11.8 Å². The average molecular weight is 435 g/mol. The summed E-state index contributed by atoms with van der Waals surface area (Å²) in [5.41, 5.74) is 0.463. The SMILES string of the molecule is CCc1ccc(OC[C@@H](O)Cn2c(SC[C@H](C)O)nc3c2c(=O)[nH]c(=O)n3C)cc1. The van der Waals surface area contributed by atoms with Crippen molar-refractivity contribution >= 4 is 22.9 Å². The fraction of sp³-hybridized carbons (Fsp3) is 0.450. The second-order valence-electron chi connectivity index (χ2n) is 7.12. The molecular weight excluding hydrogens is 408 g/mol. The number of thioether (sulfide) groups is 1. The number of benzene rings is 1. The van der Waals surface area contributed by atoms with Gasteiger partial charge in [0.25, 0.3) is 5.56 Å². The van der Waals surface area contributed by atoms with Crippen LogP contribution in [0.15, 0.2) is 39.0 Å². The molecule has 0 amide bonds. The smallest absolute Gasteiger partial charge is 0.329 e. The van der Waals surface area contributed by atoms with E-state index in [-0.39, 0.29) is 24.3 Å². The van der Waals surface area contributed by atoms with Crippen LogP contribution in [0.25, 0.3) is 11.2 Å². The van der Waals surface area contributed by atoms with Gasteiger partial charge in [0.15, 0.2) is 16.3 Å². The number of imidazole rings is 1. The molecule has 3 rings (SSSR count). The van der Waals surface area contributed by atoms with Crippen molar-refractivity contribution in [3.63, 3.8) is 0 Å². The first-order valence-corrected chi connectivity index (χ1v) is 10.7. The highest BCUT2D eigenvalue weighted by Crippen LogP contribution is 2.23. The molecule has 30 heavy (non-hydrogen) atoms. The van der Waals surface area contributed by atoms with Gasteiger partial charge in [0.2, 0.25) is 0 Å². The number of aryl methyl sites for hydroxylation is 2. The van der Waals surface area contributed by atoms with Crippen molar-refractivity contribution < 1.29 is 14.9 Å². The van der Waals surface area contributed by atoms with Crippen LogP contribution < -0.4 is 16.0 Å². The monoisotopic (exact) mass is 434 g/mol. The Balaban J connectivity index is 1.85. The quantitative estimate of drug-likeness (QED) is 0.428. The number of aliphatic hydroxyl groups is 2. The summed E-state index contributed by atoms with van der Waals surface area (Å²) in [6, 6.07) is 7.64. The Morgan fingerprint density at radius 2 is 1.93 bits per heavy atom. The van der Waals surface area contributed by atoms with E-state index in [1.54, 1.807) is 11.5 Å². The Morgan fingerprint density at radius 1 is 1.23 bits per heavy atom. The maximum atomic E-state index is 12.4. The number of aromatic nitrogens is 4. The van der Waals surface area contributed by atoms with E-state index in [1.165, 1.54) is 28.9 Å². The molecule has 10 heteroatoms. The number of nitrogens with one attached hydrogen (secondary N) is 1. The van der Waals surface area contributed by atoms with Gasteiger partial charge in [-0.1, -0.05) is 30.8 Å². The molecule has 0 fully saturated rings. The largest absolute Gasteiger partial charge is 0.491 e. The summed E-state index contributed by atoms with van der Waals surface area (Å²) in [5, 5.41) is 20.6. The van der Waals surface area contributed by atoms with Crippen molar-refractivity contribution in [1.29, 1.82) is 0 Å². The number of ether oxygens (including phenoxy) is 1. The molecule has 9 nitrogen and oxygen atoms in total. The van der Waals surface area contributed by atoms with Crippen LogP contribution in [-0.2, 0) is 20.0 Å². The molecule has 0 bridgehead atoms. The van der Waals surface area contributed by atoms with Crippen LogP contribution in [0.5, 0.6) is 5.75 Å². The molecule has 162 valence electrons. The fourth-order valence-electron chi connectivity index (χ4n) is 2.97. The molecule has 0 aliphatic carbocycles. The van der Waals surface area contributed by atoms with Crippen molar-refractivity contribution in [1.82, 2.24) is 19.1 Å². The Kier molecular flexibility index (Phi) is 7.01. The number of hydrogen-bond acceptors (Lipinski definition) is 7. The van der Waals surface area contributed by atoms with E-state index < -0.39 is 23.5 Å². The standard InChI is InChI=1S/C20H26N4O5S/c1-4-13-5-7-15(8-6-13)29-10-14(26)9-24-16-17(21-20(24)30-11-12(2)25)23(3)19(28)22-18(16)27/h5-8,12,14,25-26H,4,9-11H2,1-3H3,(H,22,27,28)/t12-,14-/m0/s1. The Hall–Kier alpha value is -2.56. The molecule has 0 aliphatic rings. The highest BCUT2D eigenvalue weighted by Gasteiger charge is 2.20. The Bertz CT molecular complexity index is 1120. The molecule has 0 saturated carbocycles. The molecule has 0 unspecified atom stereocenters. The van der Waals surface area contributed by atoms with Gasteiger partial charge in [0.1, 0.15) is 18.5 Å². The second-order valence-corrected chi connectivity index (χ2v) is 8.11. The van der Waals surface area contributed by atoms with Crippen LogP contribution in [0.3, 0.4) is 0 Å². The zero-order valence-corrected chi connectivity index (χ0v) is 18.0. The van der Waals surface area contributed by atoms with E-state index >= 15 is 0 Å². The molecule has 2 atom stereocenters. The lowest BCUT2D eigenvalue weighted by Gasteiger charge is -2.15. The van der Waals surface area contributed by atoms with Gasteiger partial charge in [0, 0.05) is 12.8 Å². The fourth-order valence-corrected chi connectivity index (χ4v) is 3.83. The molecular formula is C20H26N4O5S. The van der Waals surface area contributed by atoms with Crippen molar-refractivity contribution in [2.24, 2.45) is 7.05 Å². The number of hydrogen-bond donors (Lipinski definition) is 3. The zero-order chi connectivity index (χ0) is 21.8. The number of aromatic amines is 1. The van der Waals surface area contributed by atoms with E-state index in [4.69, 9.17) is 4.74 Å². The molecule has 0 aliphatic heterocycles. The molecule has 3 N–H and O–H groups in total. The predicted molar refractivity (Wildman–Crippen MR) is 115 cm³/mol. The van der Waals surface area contributed by atoms with Gasteiger partial charge in [-0.3, -0.25) is 14.3 Å². The van der Waals surface area contributed by atoms with Crippen molar-refractivity contribution in [2.75, 3.05) is 12.4 Å². The van der Waals surface area contributed by atoms with E-state index in [2.05, 4.69) is 16.9 Å². The Morgan fingerprint density at radius 3 is 2.57 bits per heavy atom. The van der Waals surface area contributed by atoms with Gasteiger partial charge < -0.3 is 19.5 Å².